The van der Waals surface area contributed by atoms with E-state index in [1.807, 2.05) is 0 Å². The molecule has 0 aromatic heterocycles. The Bertz CT molecular complexity index is 236. The van der Waals surface area contributed by atoms with Crippen LogP contribution in [-0.2, 0) is 4.74 Å². The molecule has 0 spiro atoms. The second-order valence-corrected chi connectivity index (χ2v) is 6.32. The molecule has 1 aliphatic carbocycles. The fraction of sp³-hybridized carbons (Fsp3) is 1.00. The lowest BCUT2D eigenvalue weighted by molar-refractivity contribution is -0.0737. The molecule has 1 saturated carbocycles. The lowest BCUT2D eigenvalue weighted by Gasteiger charge is -2.40. The zero-order valence-electron chi connectivity index (χ0n) is 11.6. The molecule has 100 valence electrons. The van der Waals surface area contributed by atoms with Crippen molar-refractivity contribution in [1.82, 2.24) is 4.90 Å². The zero-order chi connectivity index (χ0) is 12.4. The van der Waals surface area contributed by atoms with Gasteiger partial charge in [0.05, 0.1) is 12.2 Å². The van der Waals surface area contributed by atoms with E-state index in [2.05, 4.69) is 25.7 Å². The molecule has 5 unspecified atom stereocenters. The second kappa shape index (κ2) is 5.68. The van der Waals surface area contributed by atoms with Gasteiger partial charge in [0, 0.05) is 25.7 Å². The molecule has 17 heavy (non-hydrogen) atoms. The number of hydrogen-bond donors (Lipinski definition) is 1. The van der Waals surface area contributed by atoms with Gasteiger partial charge in [-0.15, -0.1) is 0 Å². The van der Waals surface area contributed by atoms with Gasteiger partial charge in [-0.25, -0.2) is 0 Å². The quantitative estimate of drug-likeness (QED) is 0.800. The van der Waals surface area contributed by atoms with Crippen molar-refractivity contribution in [3.8, 4) is 0 Å². The summed E-state index contributed by atoms with van der Waals surface area (Å²) in [4.78, 5) is 2.56. The minimum absolute atomic E-state index is 0.371. The van der Waals surface area contributed by atoms with Crippen LogP contribution in [0.15, 0.2) is 0 Å². The first-order valence-corrected chi connectivity index (χ1v) is 7.18. The number of rotatable bonds is 2. The van der Waals surface area contributed by atoms with Crippen molar-refractivity contribution in [2.75, 3.05) is 19.6 Å². The molecule has 3 heteroatoms. The lowest BCUT2D eigenvalue weighted by atomic mass is 9.79. The molecule has 0 aromatic rings. The maximum atomic E-state index is 6.27. The van der Waals surface area contributed by atoms with Gasteiger partial charge < -0.3 is 10.5 Å². The molecule has 0 amide bonds. The van der Waals surface area contributed by atoms with Crippen molar-refractivity contribution in [2.24, 2.45) is 17.6 Å². The van der Waals surface area contributed by atoms with E-state index in [0.29, 0.717) is 24.2 Å². The van der Waals surface area contributed by atoms with E-state index in [9.17, 15) is 0 Å². The molecule has 1 heterocycles. The number of nitrogens with zero attached hydrogens (tertiary/aromatic N) is 1. The van der Waals surface area contributed by atoms with Crippen molar-refractivity contribution >= 4 is 0 Å². The molecule has 5 atom stereocenters. The zero-order valence-corrected chi connectivity index (χ0v) is 11.6. The maximum Gasteiger partial charge on any atom is 0.0678 e. The summed E-state index contributed by atoms with van der Waals surface area (Å²) >= 11 is 0. The molecule has 0 radical (unpaired) electrons. The summed E-state index contributed by atoms with van der Waals surface area (Å²) in [7, 11) is 0. The highest BCUT2D eigenvalue weighted by Gasteiger charge is 2.30. The summed E-state index contributed by atoms with van der Waals surface area (Å²) in [5.41, 5.74) is 6.27. The highest BCUT2D eigenvalue weighted by Crippen LogP contribution is 2.29. The van der Waals surface area contributed by atoms with Crippen LogP contribution in [0.25, 0.3) is 0 Å². The summed E-state index contributed by atoms with van der Waals surface area (Å²) in [5.74, 6) is 1.55. The van der Waals surface area contributed by atoms with Crippen molar-refractivity contribution in [3.05, 3.63) is 0 Å². The number of morpholine rings is 1. The van der Waals surface area contributed by atoms with Gasteiger partial charge in [0.15, 0.2) is 0 Å². The van der Waals surface area contributed by atoms with E-state index in [-0.39, 0.29) is 0 Å². The molecule has 0 aromatic carbocycles. The van der Waals surface area contributed by atoms with Crippen molar-refractivity contribution < 1.29 is 4.74 Å². The molecule has 1 aliphatic heterocycles. The predicted octanol–water partition coefficient (Wildman–Crippen LogP) is 1.86. The first kappa shape index (κ1) is 13.3. The Balaban J connectivity index is 1.86. The fourth-order valence-electron chi connectivity index (χ4n) is 3.50. The first-order valence-electron chi connectivity index (χ1n) is 7.18. The minimum Gasteiger partial charge on any atom is -0.373 e. The molecule has 2 aliphatic rings. The van der Waals surface area contributed by atoms with Crippen molar-refractivity contribution in [3.63, 3.8) is 0 Å². The van der Waals surface area contributed by atoms with Crippen LogP contribution >= 0.6 is 0 Å². The third-order valence-corrected chi connectivity index (χ3v) is 4.29. The highest BCUT2D eigenvalue weighted by atomic mass is 16.5. The summed E-state index contributed by atoms with van der Waals surface area (Å²) in [5, 5.41) is 0. The minimum atomic E-state index is 0.371. The number of hydrogen-bond acceptors (Lipinski definition) is 3. The molecule has 0 bridgehead atoms. The molecule has 3 nitrogen and oxygen atoms in total. The van der Waals surface area contributed by atoms with E-state index in [1.54, 1.807) is 0 Å². The van der Waals surface area contributed by atoms with Crippen molar-refractivity contribution in [1.29, 1.82) is 0 Å². The first-order chi connectivity index (χ1) is 8.04. The fourth-order valence-corrected chi connectivity index (χ4v) is 3.50. The largest absolute Gasteiger partial charge is 0.373 e. The Hall–Kier alpha value is -0.120. The molecule has 2 N–H and O–H groups in total. The Morgan fingerprint density at radius 2 is 1.76 bits per heavy atom. The molecular weight excluding hydrogens is 212 g/mol. The third-order valence-electron chi connectivity index (χ3n) is 4.29. The van der Waals surface area contributed by atoms with Gasteiger partial charge in [0.2, 0.25) is 0 Å². The van der Waals surface area contributed by atoms with Gasteiger partial charge in [-0.1, -0.05) is 6.92 Å². The van der Waals surface area contributed by atoms with Gasteiger partial charge in [-0.05, 0) is 44.9 Å². The van der Waals surface area contributed by atoms with Gasteiger partial charge in [-0.3, -0.25) is 4.90 Å². The Labute approximate surface area is 106 Å². The monoisotopic (exact) mass is 240 g/mol. The molecule has 1 saturated heterocycles. The van der Waals surface area contributed by atoms with Crippen LogP contribution in [0, 0.1) is 11.8 Å². The summed E-state index contributed by atoms with van der Waals surface area (Å²) in [6.45, 7) is 10.0. The predicted molar refractivity (Wildman–Crippen MR) is 70.9 cm³/mol. The summed E-state index contributed by atoms with van der Waals surface area (Å²) in [6, 6.07) is 0.416. The van der Waals surface area contributed by atoms with Gasteiger partial charge >= 0.3 is 0 Å². The third kappa shape index (κ3) is 3.67. The summed E-state index contributed by atoms with van der Waals surface area (Å²) < 4.78 is 5.78. The highest BCUT2D eigenvalue weighted by molar-refractivity contribution is 4.85. The second-order valence-electron chi connectivity index (χ2n) is 6.32. The van der Waals surface area contributed by atoms with Crippen LogP contribution in [0.2, 0.25) is 0 Å². The van der Waals surface area contributed by atoms with Gasteiger partial charge in [0.25, 0.3) is 0 Å². The molecular formula is C14H28N2O. The Kier molecular flexibility index (Phi) is 4.45. The van der Waals surface area contributed by atoms with Crippen LogP contribution in [0.4, 0.5) is 0 Å². The Morgan fingerprint density at radius 1 is 1.12 bits per heavy atom. The maximum absolute atomic E-state index is 6.27. The smallest absolute Gasteiger partial charge is 0.0678 e. The van der Waals surface area contributed by atoms with Crippen molar-refractivity contribution in [2.45, 2.75) is 58.3 Å². The Morgan fingerprint density at radius 3 is 2.41 bits per heavy atom. The van der Waals surface area contributed by atoms with Crippen LogP contribution < -0.4 is 5.73 Å². The van der Waals surface area contributed by atoms with E-state index >= 15 is 0 Å². The standard InChI is InChI=1S/C14H28N2O/c1-10-4-5-14(15)13(6-10)9-16-7-11(2)17-12(3)8-16/h10-14H,4-9,15H2,1-3H3. The van der Waals surface area contributed by atoms with Crippen LogP contribution in [-0.4, -0.2) is 42.8 Å². The van der Waals surface area contributed by atoms with Gasteiger partial charge in [0.1, 0.15) is 0 Å². The lowest BCUT2D eigenvalue weighted by Crippen LogP contribution is -2.50. The number of ether oxygens (including phenoxy) is 1. The average molecular weight is 240 g/mol. The topological polar surface area (TPSA) is 38.5 Å². The normalized spacial score (nSPS) is 44.8. The summed E-state index contributed by atoms with van der Waals surface area (Å²) in [6.07, 6.45) is 4.57. The number of nitrogens with two attached hydrogens (primary N) is 1. The SMILES string of the molecule is CC1CCC(N)C(CN2CC(C)OC(C)C2)C1. The van der Waals surface area contributed by atoms with E-state index < -0.39 is 0 Å². The van der Waals surface area contributed by atoms with Gasteiger partial charge in [-0.2, -0.15) is 0 Å². The van der Waals surface area contributed by atoms with Crippen LogP contribution in [0.1, 0.15) is 40.0 Å². The molecule has 2 fully saturated rings. The van der Waals surface area contributed by atoms with E-state index in [1.165, 1.54) is 25.8 Å². The molecule has 2 rings (SSSR count). The van der Waals surface area contributed by atoms with Crippen LogP contribution in [0.3, 0.4) is 0 Å². The van der Waals surface area contributed by atoms with E-state index in [4.69, 9.17) is 10.5 Å². The van der Waals surface area contributed by atoms with Crippen LogP contribution in [0.5, 0.6) is 0 Å². The average Bonchev–Trinajstić information content (AvgIpc) is 2.22. The van der Waals surface area contributed by atoms with E-state index in [0.717, 1.165) is 19.0 Å².